The van der Waals surface area contributed by atoms with Crippen LogP contribution in [0.15, 0.2) is 24.3 Å². The Balaban J connectivity index is 0.00000106. The smallest absolute Gasteiger partial charge is 0.123 e. The summed E-state index contributed by atoms with van der Waals surface area (Å²) >= 11 is 0. The molecule has 1 nitrogen and oxygen atoms in total. The van der Waals surface area contributed by atoms with Crippen molar-refractivity contribution in [2.75, 3.05) is 7.11 Å². The number of rotatable bonds is 1. The molecule has 0 unspecified atom stereocenters. The molecule has 0 aromatic heterocycles. The minimum atomic E-state index is -0.371. The first-order valence-electron chi connectivity index (χ1n) is 5.68. The van der Waals surface area contributed by atoms with Crippen molar-refractivity contribution in [2.45, 2.75) is 40.2 Å². The zero-order valence-electron chi connectivity index (χ0n) is 11.2. The molecule has 0 N–H and O–H groups in total. The first kappa shape index (κ1) is 14.7. The number of hydrogen-bond acceptors (Lipinski definition) is 1. The Bertz CT molecular complexity index is 367. The highest BCUT2D eigenvalue weighted by Gasteiger charge is 2.10. The van der Waals surface area contributed by atoms with Gasteiger partial charge in [-0.05, 0) is 38.5 Å². The number of ether oxygens (including phenoxy) is 1. The Hall–Kier alpha value is -1.26. The van der Waals surface area contributed by atoms with E-state index in [1.807, 2.05) is 39.8 Å². The van der Waals surface area contributed by atoms with E-state index < -0.39 is 0 Å². The number of aryl methyl sites for hydroxylation is 1. The summed E-state index contributed by atoms with van der Waals surface area (Å²) in [7, 11) is 1.67. The van der Waals surface area contributed by atoms with Gasteiger partial charge in [-0.3, -0.25) is 0 Å². The highest BCUT2D eigenvalue weighted by Crippen LogP contribution is 2.06. The van der Waals surface area contributed by atoms with Crippen molar-refractivity contribution in [1.29, 1.82) is 0 Å². The van der Waals surface area contributed by atoms with Crippen molar-refractivity contribution in [1.82, 2.24) is 0 Å². The lowest BCUT2D eigenvalue weighted by Crippen LogP contribution is -2.19. The van der Waals surface area contributed by atoms with Crippen LogP contribution in [0.1, 0.15) is 38.8 Å². The van der Waals surface area contributed by atoms with E-state index in [1.165, 1.54) is 5.56 Å². The highest BCUT2D eigenvalue weighted by atomic mass is 16.5. The summed E-state index contributed by atoms with van der Waals surface area (Å²) in [5.74, 6) is 6.18. The molecule has 0 heterocycles. The average molecular weight is 218 g/mol. The van der Waals surface area contributed by atoms with Crippen molar-refractivity contribution in [2.24, 2.45) is 0 Å². The summed E-state index contributed by atoms with van der Waals surface area (Å²) in [4.78, 5) is 0. The van der Waals surface area contributed by atoms with Gasteiger partial charge in [-0.1, -0.05) is 37.8 Å². The van der Waals surface area contributed by atoms with Gasteiger partial charge in [0.2, 0.25) is 0 Å². The van der Waals surface area contributed by atoms with E-state index in [2.05, 4.69) is 30.9 Å². The molecule has 0 bridgehead atoms. The van der Waals surface area contributed by atoms with Gasteiger partial charge in [-0.2, -0.15) is 0 Å². The van der Waals surface area contributed by atoms with Crippen LogP contribution in [0.3, 0.4) is 0 Å². The Morgan fingerprint density at radius 3 is 2.31 bits per heavy atom. The van der Waals surface area contributed by atoms with Crippen molar-refractivity contribution >= 4 is 0 Å². The maximum Gasteiger partial charge on any atom is 0.123 e. The van der Waals surface area contributed by atoms with E-state index in [1.54, 1.807) is 7.11 Å². The molecular formula is C15H22O. The van der Waals surface area contributed by atoms with Crippen LogP contribution >= 0.6 is 0 Å². The molecule has 0 saturated heterocycles. The molecule has 0 radical (unpaired) electrons. The Morgan fingerprint density at radius 2 is 1.81 bits per heavy atom. The second-order valence-electron chi connectivity index (χ2n) is 3.83. The fourth-order valence-electron chi connectivity index (χ4n) is 0.997. The standard InChI is InChI=1S/C13H16O.C2H6/c1-11-6-5-7-12(10-11)8-9-13(2,3)14-4;1-2/h5-7,10H,1-4H3;1-2H3. The van der Waals surface area contributed by atoms with Crippen LogP contribution in [0.4, 0.5) is 0 Å². The third-order valence-corrected chi connectivity index (χ3v) is 2.04. The molecule has 88 valence electrons. The van der Waals surface area contributed by atoms with Crippen LogP contribution in [0.2, 0.25) is 0 Å². The van der Waals surface area contributed by atoms with Gasteiger partial charge in [0.1, 0.15) is 5.60 Å². The molecule has 0 spiro atoms. The van der Waals surface area contributed by atoms with Gasteiger partial charge in [0, 0.05) is 12.7 Å². The van der Waals surface area contributed by atoms with E-state index in [0.29, 0.717) is 0 Å². The van der Waals surface area contributed by atoms with Gasteiger partial charge >= 0.3 is 0 Å². The molecule has 1 aromatic carbocycles. The summed E-state index contributed by atoms with van der Waals surface area (Å²) in [6.07, 6.45) is 0. The van der Waals surface area contributed by atoms with Gasteiger partial charge < -0.3 is 4.74 Å². The first-order chi connectivity index (χ1) is 7.53. The monoisotopic (exact) mass is 218 g/mol. The third-order valence-electron chi connectivity index (χ3n) is 2.04. The Morgan fingerprint density at radius 1 is 1.19 bits per heavy atom. The first-order valence-corrected chi connectivity index (χ1v) is 5.68. The van der Waals surface area contributed by atoms with E-state index >= 15 is 0 Å². The molecule has 0 atom stereocenters. The van der Waals surface area contributed by atoms with Crippen molar-refractivity contribution in [3.8, 4) is 11.8 Å². The molecule has 16 heavy (non-hydrogen) atoms. The molecule has 0 aliphatic heterocycles. The largest absolute Gasteiger partial charge is 0.366 e. The van der Waals surface area contributed by atoms with Crippen molar-refractivity contribution < 1.29 is 4.74 Å². The van der Waals surface area contributed by atoms with Gasteiger partial charge in [0.05, 0.1) is 0 Å². The number of hydrogen-bond donors (Lipinski definition) is 0. The second kappa shape index (κ2) is 7.09. The minimum absolute atomic E-state index is 0.371. The molecule has 0 saturated carbocycles. The lowest BCUT2D eigenvalue weighted by Gasteiger charge is -2.14. The van der Waals surface area contributed by atoms with E-state index in [-0.39, 0.29) is 5.60 Å². The van der Waals surface area contributed by atoms with Crippen LogP contribution < -0.4 is 0 Å². The van der Waals surface area contributed by atoms with Crippen LogP contribution in [-0.2, 0) is 4.74 Å². The normalized spacial score (nSPS) is 9.62. The predicted octanol–water partition coefficient (Wildman–Crippen LogP) is 3.80. The number of benzene rings is 1. The second-order valence-corrected chi connectivity index (χ2v) is 3.83. The summed E-state index contributed by atoms with van der Waals surface area (Å²) in [5, 5.41) is 0. The van der Waals surface area contributed by atoms with Crippen LogP contribution in [0.5, 0.6) is 0 Å². The molecule has 0 amide bonds. The van der Waals surface area contributed by atoms with Gasteiger partial charge in [-0.25, -0.2) is 0 Å². The third kappa shape index (κ3) is 5.58. The Labute approximate surface area is 99.8 Å². The fourth-order valence-corrected chi connectivity index (χ4v) is 0.997. The summed E-state index contributed by atoms with van der Waals surface area (Å²) in [6.45, 7) is 9.97. The number of methoxy groups -OCH3 is 1. The predicted molar refractivity (Wildman–Crippen MR) is 70.5 cm³/mol. The molecule has 1 aromatic rings. The van der Waals surface area contributed by atoms with Crippen LogP contribution in [-0.4, -0.2) is 12.7 Å². The van der Waals surface area contributed by atoms with E-state index in [9.17, 15) is 0 Å². The maximum atomic E-state index is 5.22. The zero-order valence-corrected chi connectivity index (χ0v) is 11.2. The highest BCUT2D eigenvalue weighted by molar-refractivity contribution is 5.38. The van der Waals surface area contributed by atoms with Gasteiger partial charge in [0.25, 0.3) is 0 Å². The topological polar surface area (TPSA) is 9.23 Å². The van der Waals surface area contributed by atoms with Gasteiger partial charge in [-0.15, -0.1) is 0 Å². The average Bonchev–Trinajstić information content (AvgIpc) is 2.30. The molecule has 1 heteroatoms. The molecule has 0 aliphatic rings. The summed E-state index contributed by atoms with van der Waals surface area (Å²) in [5.41, 5.74) is 1.89. The van der Waals surface area contributed by atoms with Crippen LogP contribution in [0, 0.1) is 18.8 Å². The quantitative estimate of drug-likeness (QED) is 0.651. The van der Waals surface area contributed by atoms with Crippen molar-refractivity contribution in [3.05, 3.63) is 35.4 Å². The molecular weight excluding hydrogens is 196 g/mol. The van der Waals surface area contributed by atoms with E-state index in [0.717, 1.165) is 5.56 Å². The zero-order chi connectivity index (χ0) is 12.6. The lowest BCUT2D eigenvalue weighted by molar-refractivity contribution is 0.0742. The van der Waals surface area contributed by atoms with E-state index in [4.69, 9.17) is 4.74 Å². The minimum Gasteiger partial charge on any atom is -0.366 e. The van der Waals surface area contributed by atoms with Crippen LogP contribution in [0.25, 0.3) is 0 Å². The maximum absolute atomic E-state index is 5.22. The molecule has 0 aliphatic carbocycles. The molecule has 0 fully saturated rings. The molecule has 1 rings (SSSR count). The SMILES string of the molecule is CC.COC(C)(C)C#Cc1cccc(C)c1. The summed E-state index contributed by atoms with van der Waals surface area (Å²) in [6, 6.07) is 8.15. The van der Waals surface area contributed by atoms with Gasteiger partial charge in [0.15, 0.2) is 0 Å². The lowest BCUT2D eigenvalue weighted by atomic mass is 10.1. The fraction of sp³-hybridized carbons (Fsp3) is 0.467. The Kier molecular flexibility index (Phi) is 6.53. The summed E-state index contributed by atoms with van der Waals surface area (Å²) < 4.78 is 5.22. The van der Waals surface area contributed by atoms with Crippen molar-refractivity contribution in [3.63, 3.8) is 0 Å².